The van der Waals surface area contributed by atoms with Crippen molar-refractivity contribution in [2.75, 3.05) is 0 Å². The van der Waals surface area contributed by atoms with Gasteiger partial charge in [-0.1, -0.05) is 26.2 Å². The molecule has 0 amide bonds. The Labute approximate surface area is 113 Å². The van der Waals surface area contributed by atoms with Crippen LogP contribution in [0.1, 0.15) is 61.7 Å². The monoisotopic (exact) mass is 283 g/mol. The summed E-state index contributed by atoms with van der Waals surface area (Å²) in [7, 11) is -3.54. The summed E-state index contributed by atoms with van der Waals surface area (Å²) >= 11 is 4.24. The van der Waals surface area contributed by atoms with Crippen LogP contribution >= 0.6 is 20.2 Å². The molecule has 1 unspecified atom stereocenters. The number of thiol groups is 1. The Morgan fingerprint density at radius 2 is 1.65 bits per heavy atom. The van der Waals surface area contributed by atoms with Crippen LogP contribution in [0.3, 0.4) is 0 Å². The molecule has 1 atom stereocenters. The first-order chi connectivity index (χ1) is 8.14. The lowest BCUT2D eigenvalue weighted by Crippen LogP contribution is -2.14. The van der Waals surface area contributed by atoms with Gasteiger partial charge < -0.3 is 9.05 Å². The Morgan fingerprint density at radius 3 is 2.00 bits per heavy atom. The largest absolute Gasteiger partial charge is 0.343 e. The minimum Gasteiger partial charge on any atom is -0.305 e. The second kappa shape index (κ2) is 8.58. The van der Waals surface area contributed by atoms with Crippen molar-refractivity contribution in [1.29, 1.82) is 0 Å². The molecular formula is C12H27O3PS. The fraction of sp³-hybridized carbons (Fsp3) is 1.00. The molecule has 0 rings (SSSR count). The molecule has 0 saturated carbocycles. The predicted octanol–water partition coefficient (Wildman–Crippen LogP) is 4.87. The molecule has 0 aromatic carbocycles. The summed E-state index contributed by atoms with van der Waals surface area (Å²) in [6.07, 6.45) is 2.74. The van der Waals surface area contributed by atoms with Gasteiger partial charge in [0.05, 0.1) is 13.6 Å². The minimum absolute atomic E-state index is 0.252. The van der Waals surface area contributed by atoms with Gasteiger partial charge in [0.15, 0.2) is 0 Å². The summed E-state index contributed by atoms with van der Waals surface area (Å²) in [5, 5.41) is 0. The third kappa shape index (κ3) is 7.50. The summed E-state index contributed by atoms with van der Waals surface area (Å²) in [4.78, 5) is -1.48. The summed E-state index contributed by atoms with van der Waals surface area (Å²) in [6.45, 7) is 9.22. The van der Waals surface area contributed by atoms with Gasteiger partial charge in [-0.3, -0.25) is 4.57 Å². The van der Waals surface area contributed by atoms with Gasteiger partial charge in [-0.25, -0.2) is 0 Å². The first-order valence-electron chi connectivity index (χ1n) is 6.84. The minimum atomic E-state index is -3.54. The normalized spacial score (nSPS) is 17.3. The average Bonchev–Trinajstić information content (AvgIpc) is 2.14. The topological polar surface area (TPSA) is 35.5 Å². The van der Waals surface area contributed by atoms with E-state index in [9.17, 15) is 4.57 Å². The van der Waals surface area contributed by atoms with Crippen molar-refractivity contribution in [3.63, 3.8) is 0 Å². The molecule has 5 heteroatoms. The molecule has 3 nitrogen and oxygen atoms in total. The van der Waals surface area contributed by atoms with E-state index in [1.807, 2.05) is 0 Å². The molecule has 0 saturated heterocycles. The van der Waals surface area contributed by atoms with Gasteiger partial charge in [0.1, 0.15) is 4.97 Å². The van der Waals surface area contributed by atoms with Crippen LogP contribution in [-0.4, -0.2) is 17.2 Å². The maximum Gasteiger partial charge on any atom is 0.343 e. The summed E-state index contributed by atoms with van der Waals surface area (Å²) in [5.74, 6) is 0. The van der Waals surface area contributed by atoms with Crippen LogP contribution in [0.4, 0.5) is 0 Å². The Balaban J connectivity index is 4.86. The zero-order valence-corrected chi connectivity index (χ0v) is 13.4. The fourth-order valence-corrected chi connectivity index (χ4v) is 3.65. The second-order valence-corrected chi connectivity index (χ2v) is 7.53. The van der Waals surface area contributed by atoms with Crippen LogP contribution in [0.5, 0.6) is 0 Å². The van der Waals surface area contributed by atoms with Gasteiger partial charge in [0.25, 0.3) is 0 Å². The maximum atomic E-state index is 12.7. The van der Waals surface area contributed by atoms with Gasteiger partial charge in [-0.15, -0.1) is 0 Å². The summed E-state index contributed by atoms with van der Waals surface area (Å²) < 4.78 is 31.8. The van der Waals surface area contributed by atoms with Crippen LogP contribution < -0.4 is 0 Å². The van der Waals surface area contributed by atoms with E-state index in [1.165, 1.54) is 0 Å². The number of rotatable bonds is 9. The van der Waals surface area contributed by atoms with Crippen LogP contribution in [0.2, 0.25) is 0 Å². The van der Waals surface area contributed by atoms with Crippen molar-refractivity contribution in [2.24, 2.45) is 0 Å². The van der Waals surface area contributed by atoms with E-state index in [0.717, 1.165) is 19.3 Å². The lowest BCUT2D eigenvalue weighted by molar-refractivity contribution is 0.140. The van der Waals surface area contributed by atoms with Gasteiger partial charge in [0.2, 0.25) is 0 Å². The van der Waals surface area contributed by atoms with Crippen molar-refractivity contribution in [2.45, 2.75) is 77.5 Å². The number of unbranched alkanes of at least 4 members (excludes halogenated alkanes) is 2. The Hall–Kier alpha value is 0.500. The molecule has 0 aliphatic carbocycles. The van der Waals surface area contributed by atoms with Gasteiger partial charge in [-0.2, -0.15) is 12.6 Å². The molecule has 0 aliphatic heterocycles. The van der Waals surface area contributed by atoms with Crippen LogP contribution in [0, 0.1) is 0 Å². The first kappa shape index (κ1) is 15.6. The van der Waals surface area contributed by atoms with E-state index in [1.54, 1.807) is 27.7 Å². The molecule has 0 fully saturated rings. The van der Waals surface area contributed by atoms with Crippen molar-refractivity contribution in [3.05, 3.63) is 0 Å². The quantitative estimate of drug-likeness (QED) is 0.372. The highest BCUT2D eigenvalue weighted by molar-refractivity contribution is 7.89. The van der Waals surface area contributed by atoms with Crippen molar-refractivity contribution >= 4 is 20.2 Å². The Morgan fingerprint density at radius 1 is 1.18 bits per heavy atom. The van der Waals surface area contributed by atoms with Crippen molar-refractivity contribution < 1.29 is 15.0 Å². The maximum absolute atomic E-state index is 12.7. The van der Waals surface area contributed by atoms with Gasteiger partial charge >= 0.3 is 7.60 Å². The van der Waals surface area contributed by atoms with Crippen LogP contribution in [-0.2, 0) is 13.6 Å². The molecule has 17 heavy (non-hydrogen) atoms. The van der Waals surface area contributed by atoms with Crippen molar-refractivity contribution in [1.82, 2.24) is 0 Å². The standard InChI is InChI=1S/C12H27O3PS/c1-6-7-8-9-12(17)16(13,14-10(2)3)15-11(4)5/h10-12,17H,6-9H2,1-5H3/i12D. The molecule has 0 aliphatic rings. The van der Waals surface area contributed by atoms with E-state index >= 15 is 0 Å². The van der Waals surface area contributed by atoms with Crippen LogP contribution in [0.15, 0.2) is 0 Å². The van der Waals surface area contributed by atoms with E-state index < -0.39 is 12.6 Å². The summed E-state index contributed by atoms with van der Waals surface area (Å²) in [6, 6.07) is 0. The summed E-state index contributed by atoms with van der Waals surface area (Å²) in [5.41, 5.74) is 0. The fourth-order valence-electron chi connectivity index (χ4n) is 1.37. The zero-order chi connectivity index (χ0) is 14.4. The SMILES string of the molecule is [2H]C(S)(CCCCC)P(=O)(OC(C)C)OC(C)C. The highest BCUT2D eigenvalue weighted by Gasteiger charge is 2.35. The van der Waals surface area contributed by atoms with Gasteiger partial charge in [-0.05, 0) is 34.1 Å². The smallest absolute Gasteiger partial charge is 0.305 e. The average molecular weight is 283 g/mol. The van der Waals surface area contributed by atoms with Crippen molar-refractivity contribution in [3.8, 4) is 0 Å². The van der Waals surface area contributed by atoms with Gasteiger partial charge in [0, 0.05) is 0 Å². The molecular weight excluding hydrogens is 255 g/mol. The van der Waals surface area contributed by atoms with E-state index in [4.69, 9.17) is 10.4 Å². The van der Waals surface area contributed by atoms with E-state index in [0.29, 0.717) is 6.42 Å². The number of hydrogen-bond donors (Lipinski definition) is 1. The lowest BCUT2D eigenvalue weighted by Gasteiger charge is -2.27. The Kier molecular flexibility index (Phi) is 7.85. The molecule has 0 bridgehead atoms. The molecule has 0 spiro atoms. The first-order valence-corrected chi connectivity index (χ1v) is 8.33. The predicted molar refractivity (Wildman–Crippen MR) is 77.0 cm³/mol. The highest BCUT2D eigenvalue weighted by Crippen LogP contribution is 2.57. The highest BCUT2D eigenvalue weighted by atomic mass is 32.1. The molecule has 0 aromatic rings. The van der Waals surface area contributed by atoms with Crippen LogP contribution in [0.25, 0.3) is 0 Å². The zero-order valence-electron chi connectivity index (χ0n) is 12.6. The molecule has 104 valence electrons. The third-order valence-corrected chi connectivity index (χ3v) is 5.23. The van der Waals surface area contributed by atoms with E-state index in [-0.39, 0.29) is 12.2 Å². The number of hydrogen-bond acceptors (Lipinski definition) is 4. The molecule has 0 radical (unpaired) electrons. The lowest BCUT2D eigenvalue weighted by atomic mass is 10.2. The second-order valence-electron chi connectivity index (χ2n) is 4.68. The third-order valence-electron chi connectivity index (χ3n) is 2.02. The van der Waals surface area contributed by atoms with E-state index in [2.05, 4.69) is 19.6 Å². The Bertz CT molecular complexity index is 268. The molecule has 0 heterocycles. The molecule has 0 aromatic heterocycles. The molecule has 0 N–H and O–H groups in total.